The van der Waals surface area contributed by atoms with Crippen LogP contribution in [0.5, 0.6) is 5.88 Å². The van der Waals surface area contributed by atoms with E-state index in [4.69, 9.17) is 4.42 Å². The second kappa shape index (κ2) is 7.92. The van der Waals surface area contributed by atoms with Gasteiger partial charge in [0, 0.05) is 17.5 Å². The topological polar surface area (TPSA) is 96.2 Å². The van der Waals surface area contributed by atoms with Crippen LogP contribution in [0.4, 0.5) is 4.39 Å². The van der Waals surface area contributed by atoms with Crippen LogP contribution in [0, 0.1) is 31.0 Å². The molecule has 3 rings (SSSR count). The highest BCUT2D eigenvalue weighted by Crippen LogP contribution is 2.31. The van der Waals surface area contributed by atoms with E-state index >= 15 is 0 Å². The first-order chi connectivity index (χ1) is 13.8. The van der Waals surface area contributed by atoms with E-state index in [0.717, 1.165) is 17.4 Å². The van der Waals surface area contributed by atoms with Crippen molar-refractivity contribution < 1.29 is 18.7 Å². The number of pyridine rings is 1. The van der Waals surface area contributed by atoms with E-state index in [0.29, 0.717) is 23.0 Å². The third-order valence-corrected chi connectivity index (χ3v) is 5.12. The fourth-order valence-corrected chi connectivity index (χ4v) is 3.47. The van der Waals surface area contributed by atoms with Crippen molar-refractivity contribution in [2.24, 2.45) is 0 Å². The number of hydrogen-bond acceptors (Lipinski definition) is 5. The summed E-state index contributed by atoms with van der Waals surface area (Å²) in [6.07, 6.45) is 2.36. The highest BCUT2D eigenvalue weighted by Gasteiger charge is 2.28. The van der Waals surface area contributed by atoms with Gasteiger partial charge in [-0.1, -0.05) is 19.8 Å². The number of aromatic nitrogens is 1. The van der Waals surface area contributed by atoms with Crippen molar-refractivity contribution in [2.45, 2.75) is 46.6 Å². The fraction of sp³-hybridized carbons (Fsp3) is 0.318. The Morgan fingerprint density at radius 2 is 2.00 bits per heavy atom. The number of rotatable bonds is 6. The summed E-state index contributed by atoms with van der Waals surface area (Å²) in [5.41, 5.74) is -0.120. The number of hydrogen-bond donors (Lipinski definition) is 1. The lowest BCUT2D eigenvalue weighted by atomic mass is 9.98. The molecule has 0 bridgehead atoms. The molecule has 2 aromatic heterocycles. The Bertz CT molecular complexity index is 1210. The van der Waals surface area contributed by atoms with Crippen molar-refractivity contribution in [3.05, 3.63) is 62.4 Å². The molecule has 0 amide bonds. The number of ketones is 1. The average Bonchev–Trinajstić information content (AvgIpc) is 3.01. The summed E-state index contributed by atoms with van der Waals surface area (Å²) in [4.78, 5) is 25.8. The smallest absolute Gasteiger partial charge is 0.271 e. The number of aryl methyl sites for hydroxylation is 1. The zero-order valence-electron chi connectivity index (χ0n) is 16.5. The minimum absolute atomic E-state index is 0.0633. The largest absolute Gasteiger partial charge is 0.494 e. The van der Waals surface area contributed by atoms with Crippen molar-refractivity contribution >= 4 is 16.8 Å². The minimum Gasteiger partial charge on any atom is -0.494 e. The van der Waals surface area contributed by atoms with Crippen LogP contribution in [0.2, 0.25) is 0 Å². The van der Waals surface area contributed by atoms with Crippen molar-refractivity contribution in [1.29, 1.82) is 5.26 Å². The van der Waals surface area contributed by atoms with Gasteiger partial charge < -0.3 is 9.52 Å². The molecule has 29 heavy (non-hydrogen) atoms. The van der Waals surface area contributed by atoms with Gasteiger partial charge in [0.15, 0.2) is 5.76 Å². The number of unbranched alkanes of at least 4 members (excludes halogenated alkanes) is 2. The van der Waals surface area contributed by atoms with Gasteiger partial charge >= 0.3 is 0 Å². The van der Waals surface area contributed by atoms with E-state index in [1.807, 2.05) is 13.0 Å². The van der Waals surface area contributed by atoms with E-state index in [9.17, 15) is 24.3 Å². The molecule has 1 aromatic carbocycles. The monoisotopic (exact) mass is 396 g/mol. The molecule has 0 radical (unpaired) electrons. The van der Waals surface area contributed by atoms with Crippen LogP contribution in [0.25, 0.3) is 11.0 Å². The Hall–Kier alpha value is -3.40. The van der Waals surface area contributed by atoms with E-state index < -0.39 is 23.0 Å². The highest BCUT2D eigenvalue weighted by molar-refractivity contribution is 6.12. The van der Waals surface area contributed by atoms with Crippen LogP contribution in [0.15, 0.2) is 27.4 Å². The molecule has 3 aromatic rings. The van der Waals surface area contributed by atoms with Crippen LogP contribution in [-0.4, -0.2) is 15.5 Å². The molecule has 0 saturated heterocycles. The van der Waals surface area contributed by atoms with Gasteiger partial charge in [-0.05, 0) is 44.0 Å². The summed E-state index contributed by atoms with van der Waals surface area (Å²) >= 11 is 0. The van der Waals surface area contributed by atoms with Crippen molar-refractivity contribution in [3.8, 4) is 11.9 Å². The van der Waals surface area contributed by atoms with Gasteiger partial charge in [0.1, 0.15) is 23.0 Å². The molecule has 0 fully saturated rings. The molecule has 0 saturated carbocycles. The molecule has 150 valence electrons. The van der Waals surface area contributed by atoms with Crippen LogP contribution in [-0.2, 0) is 6.54 Å². The fourth-order valence-electron chi connectivity index (χ4n) is 3.47. The molecule has 0 aliphatic carbocycles. The van der Waals surface area contributed by atoms with Gasteiger partial charge in [0.2, 0.25) is 11.7 Å². The van der Waals surface area contributed by atoms with Crippen molar-refractivity contribution in [1.82, 2.24) is 4.57 Å². The van der Waals surface area contributed by atoms with Crippen LogP contribution in [0.3, 0.4) is 0 Å². The van der Waals surface area contributed by atoms with Gasteiger partial charge in [-0.15, -0.1) is 0 Å². The second-order valence-electron chi connectivity index (χ2n) is 7.00. The van der Waals surface area contributed by atoms with Gasteiger partial charge in [0.05, 0.1) is 5.56 Å². The molecule has 2 heterocycles. The Morgan fingerprint density at radius 3 is 2.66 bits per heavy atom. The maximum atomic E-state index is 13.6. The zero-order valence-corrected chi connectivity index (χ0v) is 16.5. The van der Waals surface area contributed by atoms with E-state index in [-0.39, 0.29) is 29.0 Å². The molecular weight excluding hydrogens is 375 g/mol. The Kier molecular flexibility index (Phi) is 5.55. The molecule has 6 nitrogen and oxygen atoms in total. The van der Waals surface area contributed by atoms with E-state index in [2.05, 4.69) is 0 Å². The quantitative estimate of drug-likeness (QED) is 0.494. The number of fused-ring (bicyclic) bond motifs is 1. The summed E-state index contributed by atoms with van der Waals surface area (Å²) < 4.78 is 20.3. The van der Waals surface area contributed by atoms with Crippen molar-refractivity contribution in [3.63, 3.8) is 0 Å². The SMILES string of the molecule is CCCCCn1c(O)c(C(=O)c2oc3ccc(F)cc3c2C)c(C)c(C#N)c1=O. The Labute approximate surface area is 166 Å². The lowest BCUT2D eigenvalue weighted by Gasteiger charge is -2.15. The van der Waals surface area contributed by atoms with Crippen LogP contribution < -0.4 is 5.56 Å². The molecule has 7 heteroatoms. The Morgan fingerprint density at radius 1 is 1.28 bits per heavy atom. The molecule has 0 unspecified atom stereocenters. The summed E-state index contributed by atoms with van der Waals surface area (Å²) in [5, 5.41) is 20.6. The first-order valence-electron chi connectivity index (χ1n) is 9.41. The molecule has 1 N–H and O–H groups in total. The molecule has 0 aliphatic heterocycles. The van der Waals surface area contributed by atoms with Gasteiger partial charge in [-0.3, -0.25) is 14.2 Å². The molecule has 0 aliphatic rings. The first kappa shape index (κ1) is 20.3. The van der Waals surface area contributed by atoms with Crippen LogP contribution in [0.1, 0.15) is 59.0 Å². The third-order valence-electron chi connectivity index (χ3n) is 5.12. The Balaban J connectivity index is 2.21. The van der Waals surface area contributed by atoms with Crippen LogP contribution >= 0.6 is 0 Å². The van der Waals surface area contributed by atoms with Gasteiger partial charge in [0.25, 0.3) is 5.56 Å². The molecule has 0 spiro atoms. The van der Waals surface area contributed by atoms with Crippen molar-refractivity contribution in [2.75, 3.05) is 0 Å². The lowest BCUT2D eigenvalue weighted by molar-refractivity contribution is 0.100. The standard InChI is InChI=1S/C22H21FN2O4/c1-4-5-6-9-25-21(27)16(11-24)12(2)18(22(25)28)19(26)20-13(3)15-10-14(23)7-8-17(15)29-20/h7-8,10,28H,4-6,9H2,1-3H3. The third kappa shape index (κ3) is 3.42. The van der Waals surface area contributed by atoms with Gasteiger partial charge in [-0.2, -0.15) is 5.26 Å². The normalized spacial score (nSPS) is 11.0. The highest BCUT2D eigenvalue weighted by atomic mass is 19.1. The zero-order chi connectivity index (χ0) is 21.3. The number of carbonyl (C=O) groups is 1. The summed E-state index contributed by atoms with van der Waals surface area (Å²) in [6, 6.07) is 5.76. The number of carbonyl (C=O) groups excluding carboxylic acids is 1. The number of nitrogens with zero attached hydrogens (tertiary/aromatic N) is 2. The predicted octanol–water partition coefficient (Wildman–Crippen LogP) is 4.35. The maximum Gasteiger partial charge on any atom is 0.271 e. The van der Waals surface area contributed by atoms with E-state index in [1.54, 1.807) is 6.92 Å². The second-order valence-corrected chi connectivity index (χ2v) is 7.00. The predicted molar refractivity (Wildman–Crippen MR) is 106 cm³/mol. The van der Waals surface area contributed by atoms with E-state index in [1.165, 1.54) is 25.1 Å². The summed E-state index contributed by atoms with van der Waals surface area (Å²) in [6.45, 7) is 5.26. The summed E-state index contributed by atoms with van der Waals surface area (Å²) in [5.74, 6) is -1.67. The summed E-state index contributed by atoms with van der Waals surface area (Å²) in [7, 11) is 0. The molecular formula is C22H21FN2O4. The number of halogens is 1. The van der Waals surface area contributed by atoms with Gasteiger partial charge in [-0.25, -0.2) is 4.39 Å². The minimum atomic E-state index is -0.658. The maximum absolute atomic E-state index is 13.6. The first-order valence-corrected chi connectivity index (χ1v) is 9.41. The number of aromatic hydroxyl groups is 1. The molecule has 0 atom stereocenters. The number of benzene rings is 1. The lowest BCUT2D eigenvalue weighted by Crippen LogP contribution is -2.27. The average molecular weight is 396 g/mol. The number of furan rings is 1. The number of nitriles is 1.